The maximum atomic E-state index is 12.2. The summed E-state index contributed by atoms with van der Waals surface area (Å²) in [6.07, 6.45) is 0. The molecule has 3 nitrogen and oxygen atoms in total. The van der Waals surface area contributed by atoms with Crippen LogP contribution < -0.4 is 5.73 Å². The number of halogens is 2. The van der Waals surface area contributed by atoms with Crippen LogP contribution >= 0.6 is 28.3 Å². The number of hydrogen-bond acceptors (Lipinski definition) is 3. The topological polar surface area (TPSA) is 56.2 Å². The van der Waals surface area contributed by atoms with Crippen LogP contribution in [0.1, 0.15) is 24.4 Å². The Balaban J connectivity index is 0.00000200. The van der Waals surface area contributed by atoms with Crippen molar-refractivity contribution in [2.75, 3.05) is 6.54 Å². The van der Waals surface area contributed by atoms with Crippen molar-refractivity contribution >= 4 is 34.1 Å². The van der Waals surface area contributed by atoms with Gasteiger partial charge in [0.25, 0.3) is 0 Å². The molecule has 0 aliphatic carbocycles. The molecule has 0 bridgehead atoms. The minimum absolute atomic E-state index is 0. The van der Waals surface area contributed by atoms with Gasteiger partial charge in [-0.2, -0.15) is 0 Å². The molecule has 0 radical (unpaired) electrons. The maximum Gasteiger partial charge on any atom is 0.204 e. The van der Waals surface area contributed by atoms with Gasteiger partial charge in [-0.25, -0.2) is 0 Å². The zero-order chi connectivity index (χ0) is 14.0. The van der Waals surface area contributed by atoms with Gasteiger partial charge >= 0.3 is 0 Å². The Morgan fingerprint density at radius 3 is 2.60 bits per heavy atom. The molecule has 5 heteroatoms. The lowest BCUT2D eigenvalue weighted by Gasteiger charge is -2.18. The van der Waals surface area contributed by atoms with Crippen LogP contribution in [0.4, 0.5) is 0 Å². The highest BCUT2D eigenvalue weighted by Gasteiger charge is 2.29. The maximum absolute atomic E-state index is 12.2. The summed E-state index contributed by atoms with van der Waals surface area (Å²) < 4.78 is 6.62. The average Bonchev–Trinajstić information content (AvgIpc) is 2.87. The van der Waals surface area contributed by atoms with Crippen molar-refractivity contribution in [2.45, 2.75) is 13.8 Å². The molecule has 1 heterocycles. The average molecular weight is 359 g/mol. The Bertz CT molecular complexity index is 607. The fourth-order valence-corrected chi connectivity index (χ4v) is 2.08. The first kappa shape index (κ1) is 17.0. The molecule has 0 fully saturated rings. The van der Waals surface area contributed by atoms with E-state index in [9.17, 15) is 4.79 Å². The van der Waals surface area contributed by atoms with Gasteiger partial charge in [-0.3, -0.25) is 4.79 Å². The molecule has 0 saturated heterocycles. The van der Waals surface area contributed by atoms with Crippen molar-refractivity contribution in [3.05, 3.63) is 46.6 Å². The van der Waals surface area contributed by atoms with Crippen molar-refractivity contribution in [1.82, 2.24) is 0 Å². The first-order valence-electron chi connectivity index (χ1n) is 6.05. The SMILES string of the molecule is CC(C)(CN)C(=O)c1ccc(-c2cccc(Br)c2)o1.Cl. The number of furan rings is 1. The molecular formula is C15H17BrClNO2. The van der Waals surface area contributed by atoms with Crippen LogP contribution in [0.5, 0.6) is 0 Å². The first-order valence-corrected chi connectivity index (χ1v) is 6.84. The Labute approximate surface area is 133 Å². The summed E-state index contributed by atoms with van der Waals surface area (Å²) in [6, 6.07) is 11.3. The Morgan fingerprint density at radius 2 is 2.00 bits per heavy atom. The van der Waals surface area contributed by atoms with Crippen LogP contribution in [0.3, 0.4) is 0 Å². The Kier molecular flexibility index (Phi) is 5.57. The van der Waals surface area contributed by atoms with Gasteiger partial charge in [0, 0.05) is 22.0 Å². The molecule has 1 aromatic heterocycles. The number of carbonyl (C=O) groups excluding carboxylic acids is 1. The van der Waals surface area contributed by atoms with Gasteiger partial charge in [0.1, 0.15) is 5.76 Å². The van der Waals surface area contributed by atoms with E-state index in [0.717, 1.165) is 10.0 Å². The lowest BCUT2D eigenvalue weighted by molar-refractivity contribution is 0.0818. The number of carbonyl (C=O) groups is 1. The summed E-state index contributed by atoms with van der Waals surface area (Å²) >= 11 is 3.41. The minimum atomic E-state index is -0.605. The van der Waals surface area contributed by atoms with E-state index >= 15 is 0 Å². The zero-order valence-corrected chi connectivity index (χ0v) is 13.8. The number of Topliss-reactive ketones (excluding diaryl/α,β-unsaturated/α-hetero) is 1. The smallest absolute Gasteiger partial charge is 0.204 e. The second-order valence-electron chi connectivity index (χ2n) is 5.09. The number of ketones is 1. The molecule has 0 saturated carbocycles. The van der Waals surface area contributed by atoms with Gasteiger partial charge in [-0.05, 0) is 24.3 Å². The van der Waals surface area contributed by atoms with E-state index in [1.54, 1.807) is 6.07 Å². The van der Waals surface area contributed by atoms with Crippen LogP contribution in [0.2, 0.25) is 0 Å². The predicted octanol–water partition coefficient (Wildman–Crippen LogP) is 4.30. The molecule has 0 unspecified atom stereocenters. The molecule has 2 rings (SSSR count). The van der Waals surface area contributed by atoms with Gasteiger partial charge < -0.3 is 10.2 Å². The Hall–Kier alpha value is -1.10. The molecule has 2 N–H and O–H groups in total. The molecule has 108 valence electrons. The fourth-order valence-electron chi connectivity index (χ4n) is 1.68. The second kappa shape index (κ2) is 6.57. The highest BCUT2D eigenvalue weighted by Crippen LogP contribution is 2.28. The molecule has 0 spiro atoms. The van der Waals surface area contributed by atoms with E-state index in [2.05, 4.69) is 15.9 Å². The fraction of sp³-hybridized carbons (Fsp3) is 0.267. The minimum Gasteiger partial charge on any atom is -0.453 e. The summed E-state index contributed by atoms with van der Waals surface area (Å²) in [4.78, 5) is 12.2. The summed E-state index contributed by atoms with van der Waals surface area (Å²) in [5.41, 5.74) is 5.94. The molecule has 0 aliphatic heterocycles. The second-order valence-corrected chi connectivity index (χ2v) is 6.01. The van der Waals surface area contributed by atoms with Crippen molar-refractivity contribution in [3.63, 3.8) is 0 Å². The third kappa shape index (κ3) is 3.51. The normalized spacial score (nSPS) is 11.0. The van der Waals surface area contributed by atoms with Crippen LogP contribution in [-0.4, -0.2) is 12.3 Å². The molecule has 0 aliphatic rings. The zero-order valence-electron chi connectivity index (χ0n) is 11.4. The van der Waals surface area contributed by atoms with Crippen LogP contribution in [0.25, 0.3) is 11.3 Å². The monoisotopic (exact) mass is 357 g/mol. The van der Waals surface area contributed by atoms with E-state index in [1.165, 1.54) is 0 Å². The molecule has 0 amide bonds. The highest BCUT2D eigenvalue weighted by molar-refractivity contribution is 9.10. The van der Waals surface area contributed by atoms with Crippen molar-refractivity contribution in [1.29, 1.82) is 0 Å². The quantitative estimate of drug-likeness (QED) is 0.829. The third-order valence-corrected chi connectivity index (χ3v) is 3.56. The third-order valence-electron chi connectivity index (χ3n) is 3.06. The van der Waals surface area contributed by atoms with Crippen LogP contribution in [-0.2, 0) is 0 Å². The van der Waals surface area contributed by atoms with Crippen LogP contribution in [0, 0.1) is 5.41 Å². The first-order chi connectivity index (χ1) is 8.94. The summed E-state index contributed by atoms with van der Waals surface area (Å²) in [5.74, 6) is 0.958. The van der Waals surface area contributed by atoms with Crippen molar-refractivity contribution in [2.24, 2.45) is 11.1 Å². The molecule has 2 aromatic rings. The number of hydrogen-bond donors (Lipinski definition) is 1. The molecule has 0 atom stereocenters. The van der Waals surface area contributed by atoms with E-state index < -0.39 is 5.41 Å². The lowest BCUT2D eigenvalue weighted by atomic mass is 9.87. The van der Waals surface area contributed by atoms with E-state index in [1.807, 2.05) is 44.2 Å². The number of rotatable bonds is 4. The van der Waals surface area contributed by atoms with Gasteiger partial charge in [-0.1, -0.05) is 41.9 Å². The number of nitrogens with two attached hydrogens (primary N) is 1. The summed E-state index contributed by atoms with van der Waals surface area (Å²) in [7, 11) is 0. The summed E-state index contributed by atoms with van der Waals surface area (Å²) in [6.45, 7) is 3.92. The highest BCUT2D eigenvalue weighted by atomic mass is 79.9. The van der Waals surface area contributed by atoms with Crippen molar-refractivity contribution in [3.8, 4) is 11.3 Å². The van der Waals surface area contributed by atoms with Gasteiger partial charge in [0.2, 0.25) is 5.78 Å². The van der Waals surface area contributed by atoms with E-state index in [0.29, 0.717) is 18.1 Å². The predicted molar refractivity (Wildman–Crippen MR) is 86.3 cm³/mol. The van der Waals surface area contributed by atoms with E-state index in [4.69, 9.17) is 10.2 Å². The molecular weight excluding hydrogens is 342 g/mol. The van der Waals surface area contributed by atoms with Crippen molar-refractivity contribution < 1.29 is 9.21 Å². The van der Waals surface area contributed by atoms with Gasteiger partial charge in [0.15, 0.2) is 5.76 Å². The Morgan fingerprint density at radius 1 is 1.30 bits per heavy atom. The van der Waals surface area contributed by atoms with Gasteiger partial charge in [0.05, 0.1) is 0 Å². The number of benzene rings is 1. The van der Waals surface area contributed by atoms with Crippen LogP contribution in [0.15, 0.2) is 45.3 Å². The van der Waals surface area contributed by atoms with E-state index in [-0.39, 0.29) is 18.2 Å². The molecule has 1 aromatic carbocycles. The largest absolute Gasteiger partial charge is 0.453 e. The molecule has 20 heavy (non-hydrogen) atoms. The summed E-state index contributed by atoms with van der Waals surface area (Å²) in [5, 5.41) is 0. The lowest BCUT2D eigenvalue weighted by Crippen LogP contribution is -2.32. The standard InChI is InChI=1S/C15H16BrNO2.ClH/c1-15(2,9-17)14(18)13-7-6-12(19-13)10-4-3-5-11(16)8-10;/h3-8H,9,17H2,1-2H3;1H. The van der Waals surface area contributed by atoms with Gasteiger partial charge in [-0.15, -0.1) is 12.4 Å².